The second-order valence-electron chi connectivity index (χ2n) is 4.92. The lowest BCUT2D eigenvalue weighted by Crippen LogP contribution is -2.36. The fourth-order valence-corrected chi connectivity index (χ4v) is 3.83. The Labute approximate surface area is 116 Å². The molecule has 0 atom stereocenters. The minimum Gasteiger partial charge on any atom is -0.316 e. The van der Waals surface area contributed by atoms with Crippen LogP contribution >= 0.6 is 0 Å². The van der Waals surface area contributed by atoms with Crippen LogP contribution in [0, 0.1) is 6.92 Å². The molecule has 0 saturated heterocycles. The van der Waals surface area contributed by atoms with E-state index in [1.807, 2.05) is 40.8 Å². The Morgan fingerprint density at radius 2 is 1.95 bits per heavy atom. The van der Waals surface area contributed by atoms with Crippen molar-refractivity contribution >= 4 is 10.0 Å². The summed E-state index contributed by atoms with van der Waals surface area (Å²) < 4.78 is 26.7. The molecule has 0 spiro atoms. The minimum absolute atomic E-state index is 0.0379. The molecule has 0 bridgehead atoms. The van der Waals surface area contributed by atoms with Gasteiger partial charge in [-0.1, -0.05) is 13.0 Å². The summed E-state index contributed by atoms with van der Waals surface area (Å²) in [4.78, 5) is 0.374. The molecule has 0 amide bonds. The first-order valence-corrected chi connectivity index (χ1v) is 8.04. The number of hydrogen-bond acceptors (Lipinski definition) is 3. The van der Waals surface area contributed by atoms with Gasteiger partial charge in [-0.05, 0) is 51.1 Å². The largest absolute Gasteiger partial charge is 0.316 e. The molecule has 0 saturated carbocycles. The molecule has 0 aliphatic rings. The molecular formula is C14H24N2O2S. The first-order chi connectivity index (χ1) is 8.84. The maximum atomic E-state index is 12.6. The van der Waals surface area contributed by atoms with E-state index >= 15 is 0 Å². The van der Waals surface area contributed by atoms with Crippen LogP contribution in [0.15, 0.2) is 23.1 Å². The number of hydrogen-bond donors (Lipinski definition) is 1. The third-order valence-electron chi connectivity index (χ3n) is 3.18. The lowest BCUT2D eigenvalue weighted by Gasteiger charge is -2.24. The van der Waals surface area contributed by atoms with Crippen LogP contribution in [0.1, 0.15) is 31.9 Å². The van der Waals surface area contributed by atoms with Crippen LogP contribution in [0.4, 0.5) is 0 Å². The van der Waals surface area contributed by atoms with Crippen LogP contribution in [0.5, 0.6) is 0 Å². The lowest BCUT2D eigenvalue weighted by molar-refractivity contribution is 0.369. The van der Waals surface area contributed by atoms with Gasteiger partial charge in [-0.15, -0.1) is 0 Å². The van der Waals surface area contributed by atoms with E-state index in [4.69, 9.17) is 0 Å². The fourth-order valence-electron chi connectivity index (χ4n) is 2.14. The SMILES string of the molecule is CCN(C(C)C)S(=O)(=O)c1ccc(C)c(CNC)c1. The van der Waals surface area contributed by atoms with E-state index in [2.05, 4.69) is 5.32 Å². The molecule has 5 heteroatoms. The minimum atomic E-state index is -3.40. The number of benzene rings is 1. The van der Waals surface area contributed by atoms with Crippen LogP contribution in [0.2, 0.25) is 0 Å². The zero-order valence-electron chi connectivity index (χ0n) is 12.4. The van der Waals surface area contributed by atoms with Crippen molar-refractivity contribution in [2.24, 2.45) is 0 Å². The third-order valence-corrected chi connectivity index (χ3v) is 5.33. The van der Waals surface area contributed by atoms with Gasteiger partial charge in [0.05, 0.1) is 4.90 Å². The van der Waals surface area contributed by atoms with Crippen molar-refractivity contribution in [1.82, 2.24) is 9.62 Å². The molecule has 0 aliphatic heterocycles. The predicted octanol–water partition coefficient (Wildman–Crippen LogP) is 2.13. The zero-order chi connectivity index (χ0) is 14.6. The van der Waals surface area contributed by atoms with Crippen LogP contribution in [-0.4, -0.2) is 32.4 Å². The van der Waals surface area contributed by atoms with Crippen LogP contribution in [0.3, 0.4) is 0 Å². The molecule has 19 heavy (non-hydrogen) atoms. The molecule has 0 unspecified atom stereocenters. The maximum absolute atomic E-state index is 12.6. The third kappa shape index (κ3) is 3.55. The molecule has 0 heterocycles. The van der Waals surface area contributed by atoms with Gasteiger partial charge in [-0.2, -0.15) is 4.31 Å². The molecule has 0 fully saturated rings. The number of nitrogens with zero attached hydrogens (tertiary/aromatic N) is 1. The smallest absolute Gasteiger partial charge is 0.243 e. The molecule has 1 rings (SSSR count). The van der Waals surface area contributed by atoms with Crippen molar-refractivity contribution in [3.63, 3.8) is 0 Å². The van der Waals surface area contributed by atoms with Crippen LogP contribution < -0.4 is 5.32 Å². The van der Waals surface area contributed by atoms with Gasteiger partial charge in [0, 0.05) is 19.1 Å². The Kier molecular flexibility index (Phi) is 5.52. The number of nitrogens with one attached hydrogen (secondary N) is 1. The second-order valence-corrected chi connectivity index (χ2v) is 6.81. The summed E-state index contributed by atoms with van der Waals surface area (Å²) in [6.45, 7) is 8.79. The van der Waals surface area contributed by atoms with Crippen LogP contribution in [-0.2, 0) is 16.6 Å². The van der Waals surface area contributed by atoms with Crippen molar-refractivity contribution in [1.29, 1.82) is 0 Å². The molecule has 0 radical (unpaired) electrons. The molecule has 1 N–H and O–H groups in total. The summed E-state index contributed by atoms with van der Waals surface area (Å²) in [7, 11) is -1.55. The molecule has 1 aromatic carbocycles. The monoisotopic (exact) mass is 284 g/mol. The van der Waals surface area contributed by atoms with Gasteiger partial charge in [-0.25, -0.2) is 8.42 Å². The second kappa shape index (κ2) is 6.50. The standard InChI is InChI=1S/C14H24N2O2S/c1-6-16(11(2)3)19(17,18)14-8-7-12(4)13(9-14)10-15-5/h7-9,11,15H,6,10H2,1-5H3. The van der Waals surface area contributed by atoms with Gasteiger partial charge < -0.3 is 5.32 Å². The molecule has 4 nitrogen and oxygen atoms in total. The summed E-state index contributed by atoms with van der Waals surface area (Å²) in [6, 6.07) is 5.29. The maximum Gasteiger partial charge on any atom is 0.243 e. The Balaban J connectivity index is 3.25. The van der Waals surface area contributed by atoms with E-state index in [9.17, 15) is 8.42 Å². The van der Waals surface area contributed by atoms with Gasteiger partial charge >= 0.3 is 0 Å². The highest BCUT2D eigenvalue weighted by atomic mass is 32.2. The van der Waals surface area contributed by atoms with Gasteiger partial charge in [0.1, 0.15) is 0 Å². The Morgan fingerprint density at radius 1 is 1.32 bits per heavy atom. The summed E-state index contributed by atoms with van der Waals surface area (Å²) in [5.41, 5.74) is 2.12. The van der Waals surface area contributed by atoms with E-state index in [-0.39, 0.29) is 6.04 Å². The molecule has 0 aliphatic carbocycles. The summed E-state index contributed by atoms with van der Waals surface area (Å²) in [5.74, 6) is 0. The van der Waals surface area contributed by atoms with E-state index < -0.39 is 10.0 Å². The zero-order valence-corrected chi connectivity index (χ0v) is 13.2. The van der Waals surface area contributed by atoms with Crippen molar-refractivity contribution in [3.05, 3.63) is 29.3 Å². The van der Waals surface area contributed by atoms with E-state index in [1.165, 1.54) is 4.31 Å². The summed E-state index contributed by atoms with van der Waals surface area (Å²) in [5, 5.41) is 3.06. The van der Waals surface area contributed by atoms with Gasteiger partial charge in [0.2, 0.25) is 10.0 Å². The van der Waals surface area contributed by atoms with Crippen molar-refractivity contribution in [2.75, 3.05) is 13.6 Å². The van der Waals surface area contributed by atoms with Gasteiger partial charge in [-0.3, -0.25) is 0 Å². The molecule has 0 aromatic heterocycles. The molecule has 108 valence electrons. The quantitative estimate of drug-likeness (QED) is 0.870. The first kappa shape index (κ1) is 16.1. The molecular weight excluding hydrogens is 260 g/mol. The highest BCUT2D eigenvalue weighted by Crippen LogP contribution is 2.21. The highest BCUT2D eigenvalue weighted by molar-refractivity contribution is 7.89. The predicted molar refractivity (Wildman–Crippen MR) is 78.6 cm³/mol. The van der Waals surface area contributed by atoms with Gasteiger partial charge in [0.15, 0.2) is 0 Å². The number of aryl methyl sites for hydroxylation is 1. The highest BCUT2D eigenvalue weighted by Gasteiger charge is 2.25. The van der Waals surface area contributed by atoms with E-state index in [0.717, 1.165) is 11.1 Å². The summed E-state index contributed by atoms with van der Waals surface area (Å²) in [6.07, 6.45) is 0. The molecule has 1 aromatic rings. The van der Waals surface area contributed by atoms with E-state index in [1.54, 1.807) is 12.1 Å². The topological polar surface area (TPSA) is 49.4 Å². The Morgan fingerprint density at radius 3 is 2.42 bits per heavy atom. The first-order valence-electron chi connectivity index (χ1n) is 6.60. The van der Waals surface area contributed by atoms with E-state index in [0.29, 0.717) is 18.0 Å². The van der Waals surface area contributed by atoms with Crippen molar-refractivity contribution < 1.29 is 8.42 Å². The Hall–Kier alpha value is -0.910. The number of rotatable bonds is 6. The average molecular weight is 284 g/mol. The van der Waals surface area contributed by atoms with Gasteiger partial charge in [0.25, 0.3) is 0 Å². The normalized spacial score (nSPS) is 12.4. The number of sulfonamides is 1. The van der Waals surface area contributed by atoms with Crippen molar-refractivity contribution in [2.45, 2.75) is 45.2 Å². The average Bonchev–Trinajstić information content (AvgIpc) is 2.32. The Bertz CT molecular complexity index is 524. The van der Waals surface area contributed by atoms with Crippen LogP contribution in [0.25, 0.3) is 0 Å². The lowest BCUT2D eigenvalue weighted by atomic mass is 10.1. The van der Waals surface area contributed by atoms with Crippen molar-refractivity contribution in [3.8, 4) is 0 Å². The summed E-state index contributed by atoms with van der Waals surface area (Å²) >= 11 is 0. The fraction of sp³-hybridized carbons (Fsp3) is 0.571.